The Hall–Kier alpha value is -2.58. The van der Waals surface area contributed by atoms with E-state index >= 15 is 0 Å². The largest absolute Gasteiger partial charge is 0.509 e. The second kappa shape index (κ2) is 8.88. The first-order chi connectivity index (χ1) is 14.9. The molecule has 166 valence electrons. The number of nitrogens with zero attached hydrogens (tertiary/aromatic N) is 3. The van der Waals surface area contributed by atoms with Crippen LogP contribution in [0.5, 0.6) is 11.5 Å². The van der Waals surface area contributed by atoms with Gasteiger partial charge in [0.15, 0.2) is 0 Å². The highest BCUT2D eigenvalue weighted by molar-refractivity contribution is 7.11. The number of likely N-dealkylation sites (tertiary alicyclic amines) is 1. The summed E-state index contributed by atoms with van der Waals surface area (Å²) in [6, 6.07) is 5.92. The van der Waals surface area contributed by atoms with Gasteiger partial charge in [0.25, 0.3) is 0 Å². The molecule has 2 atom stereocenters. The summed E-state index contributed by atoms with van der Waals surface area (Å²) in [4.78, 5) is 9.14. The number of aliphatic hydroxyl groups excluding tert-OH is 1. The van der Waals surface area contributed by atoms with Gasteiger partial charge in [0.05, 0.1) is 31.5 Å². The van der Waals surface area contributed by atoms with Gasteiger partial charge in [-0.2, -0.15) is 0 Å². The van der Waals surface area contributed by atoms with E-state index in [0.717, 1.165) is 36.5 Å². The van der Waals surface area contributed by atoms with Crippen molar-refractivity contribution in [3.63, 3.8) is 0 Å². The summed E-state index contributed by atoms with van der Waals surface area (Å²) in [5.41, 5.74) is 2.09. The second-order valence-electron chi connectivity index (χ2n) is 8.15. The molecule has 0 radical (unpaired) electrons. The van der Waals surface area contributed by atoms with Crippen LogP contribution in [0.2, 0.25) is 0 Å². The van der Waals surface area contributed by atoms with E-state index in [4.69, 9.17) is 19.9 Å². The smallest absolute Gasteiger partial charge is 0.135 e. The van der Waals surface area contributed by atoms with Crippen molar-refractivity contribution in [2.45, 2.75) is 38.3 Å². The lowest BCUT2D eigenvalue weighted by molar-refractivity contribution is 0.242. The number of methoxy groups -OCH3 is 2. The number of aliphatic hydroxyl groups is 1. The Kier molecular flexibility index (Phi) is 6.20. The summed E-state index contributed by atoms with van der Waals surface area (Å²) in [6.07, 6.45) is 3.43. The summed E-state index contributed by atoms with van der Waals surface area (Å²) in [5.74, 6) is 2.00. The molecule has 0 amide bonds. The number of thiazole rings is 1. The van der Waals surface area contributed by atoms with E-state index in [-0.39, 0.29) is 11.8 Å². The van der Waals surface area contributed by atoms with Gasteiger partial charge in [0, 0.05) is 23.5 Å². The van der Waals surface area contributed by atoms with Crippen LogP contribution in [0.15, 0.2) is 29.3 Å². The molecule has 3 heterocycles. The van der Waals surface area contributed by atoms with Crippen molar-refractivity contribution in [1.82, 2.24) is 14.8 Å². The van der Waals surface area contributed by atoms with Gasteiger partial charge >= 0.3 is 0 Å². The number of rotatable bonds is 7. The third-order valence-electron chi connectivity index (χ3n) is 6.42. The predicted octanol–water partition coefficient (Wildman–Crippen LogP) is 4.26. The summed E-state index contributed by atoms with van der Waals surface area (Å²) >= 11 is 1.43. The monoisotopic (exact) mass is 442 g/mol. The van der Waals surface area contributed by atoms with Crippen LogP contribution in [-0.4, -0.2) is 72.2 Å². The first-order valence-corrected chi connectivity index (χ1v) is 11.5. The molecule has 2 aliphatic heterocycles. The van der Waals surface area contributed by atoms with Gasteiger partial charge in [-0.25, -0.2) is 4.98 Å². The fourth-order valence-corrected chi connectivity index (χ4v) is 5.36. The van der Waals surface area contributed by atoms with Crippen molar-refractivity contribution < 1.29 is 14.6 Å². The molecule has 0 spiro atoms. The zero-order chi connectivity index (χ0) is 22.1. The Morgan fingerprint density at radius 3 is 2.77 bits per heavy atom. The topological polar surface area (TPSA) is 81.9 Å². The van der Waals surface area contributed by atoms with Gasteiger partial charge in [0.2, 0.25) is 0 Å². The highest BCUT2D eigenvalue weighted by Crippen LogP contribution is 2.38. The molecule has 1 saturated heterocycles. The van der Waals surface area contributed by atoms with E-state index < -0.39 is 0 Å². The quantitative estimate of drug-likeness (QED) is 0.667. The van der Waals surface area contributed by atoms with Crippen LogP contribution in [0.4, 0.5) is 0 Å². The van der Waals surface area contributed by atoms with Crippen molar-refractivity contribution in [1.29, 1.82) is 5.41 Å². The molecule has 4 rings (SSSR count). The van der Waals surface area contributed by atoms with Crippen LogP contribution in [0.25, 0.3) is 16.8 Å². The van der Waals surface area contributed by atoms with Crippen LogP contribution in [0.1, 0.15) is 31.2 Å². The number of nitrogens with one attached hydrogen (secondary N) is 1. The fourth-order valence-electron chi connectivity index (χ4n) is 4.49. The molecular formula is C23H30N4O3S. The van der Waals surface area contributed by atoms with Gasteiger partial charge in [-0.3, -0.25) is 5.41 Å². The Bertz CT molecular complexity index is 1000. The van der Waals surface area contributed by atoms with Crippen molar-refractivity contribution in [3.8, 4) is 22.8 Å². The van der Waals surface area contributed by atoms with Crippen LogP contribution >= 0.6 is 11.3 Å². The highest BCUT2D eigenvalue weighted by atomic mass is 32.1. The molecule has 2 aromatic rings. The van der Waals surface area contributed by atoms with Gasteiger partial charge in [-0.1, -0.05) is 0 Å². The maximum atomic E-state index is 10.9. The van der Waals surface area contributed by atoms with Crippen LogP contribution in [0.3, 0.4) is 0 Å². The molecule has 1 aromatic carbocycles. The van der Waals surface area contributed by atoms with Crippen LogP contribution in [0, 0.1) is 5.41 Å². The van der Waals surface area contributed by atoms with Crippen molar-refractivity contribution >= 4 is 22.7 Å². The maximum absolute atomic E-state index is 10.9. The summed E-state index contributed by atoms with van der Waals surface area (Å²) in [7, 11) is 5.42. The third kappa shape index (κ3) is 4.02. The zero-order valence-electron chi connectivity index (χ0n) is 18.5. The first-order valence-electron chi connectivity index (χ1n) is 10.6. The lowest BCUT2D eigenvalue weighted by atomic mass is 10.1. The number of aromatic nitrogens is 1. The Labute approximate surface area is 187 Å². The SMILES string of the molecule is COc1ccc(OC)c(-c2csc(C3=C(O)C(C)N(CCC4CCCN4C)C3=N)n2)c1. The van der Waals surface area contributed by atoms with E-state index in [2.05, 4.69) is 11.9 Å². The number of benzene rings is 1. The van der Waals surface area contributed by atoms with Gasteiger partial charge in [-0.05, 0) is 58.0 Å². The summed E-state index contributed by atoms with van der Waals surface area (Å²) < 4.78 is 10.8. The molecule has 7 nitrogen and oxygen atoms in total. The molecule has 2 N–H and O–H groups in total. The molecule has 8 heteroatoms. The molecule has 1 fully saturated rings. The van der Waals surface area contributed by atoms with Crippen molar-refractivity contribution in [2.75, 3.05) is 34.4 Å². The molecule has 0 saturated carbocycles. The Morgan fingerprint density at radius 1 is 1.29 bits per heavy atom. The van der Waals surface area contributed by atoms with Crippen LogP contribution < -0.4 is 9.47 Å². The minimum absolute atomic E-state index is 0.215. The maximum Gasteiger partial charge on any atom is 0.135 e. The average molecular weight is 443 g/mol. The highest BCUT2D eigenvalue weighted by Gasteiger charge is 2.36. The van der Waals surface area contributed by atoms with E-state index in [1.165, 1.54) is 24.2 Å². The predicted molar refractivity (Wildman–Crippen MR) is 124 cm³/mol. The van der Waals surface area contributed by atoms with Gasteiger partial charge < -0.3 is 24.4 Å². The standard InChI is InChI=1S/C23H30N4O3S/c1-14-21(28)20(22(24)27(14)11-9-15-6-5-10-26(15)2)23-25-18(13-31-23)17-12-16(29-3)7-8-19(17)30-4/h7-8,12-15,24,28H,5-6,9-11H2,1-4H3. The van der Waals surface area contributed by atoms with Crippen molar-refractivity contribution in [3.05, 3.63) is 34.3 Å². The molecule has 0 aliphatic carbocycles. The molecule has 0 bridgehead atoms. The average Bonchev–Trinajstić information content (AvgIpc) is 3.46. The number of hydrogen-bond donors (Lipinski definition) is 2. The lowest BCUT2D eigenvalue weighted by Crippen LogP contribution is -2.37. The number of amidine groups is 1. The van der Waals surface area contributed by atoms with Gasteiger partial charge in [0.1, 0.15) is 28.1 Å². The number of ether oxygens (including phenoxy) is 2. The van der Waals surface area contributed by atoms with Crippen molar-refractivity contribution in [2.24, 2.45) is 0 Å². The molecule has 1 aromatic heterocycles. The van der Waals surface area contributed by atoms with E-state index in [0.29, 0.717) is 28.2 Å². The first kappa shape index (κ1) is 21.6. The third-order valence-corrected chi connectivity index (χ3v) is 7.28. The minimum atomic E-state index is -0.215. The fraction of sp³-hybridized carbons (Fsp3) is 0.478. The van der Waals surface area contributed by atoms with E-state index in [9.17, 15) is 5.11 Å². The molecule has 31 heavy (non-hydrogen) atoms. The van der Waals surface area contributed by atoms with Crippen LogP contribution in [-0.2, 0) is 0 Å². The van der Waals surface area contributed by atoms with Gasteiger partial charge in [-0.15, -0.1) is 11.3 Å². The summed E-state index contributed by atoms with van der Waals surface area (Å²) in [5, 5.41) is 22.2. The normalized spacial score (nSPS) is 21.9. The second-order valence-corrected chi connectivity index (χ2v) is 9.01. The number of hydrogen-bond acceptors (Lipinski definition) is 7. The van der Waals surface area contributed by atoms with E-state index in [1.54, 1.807) is 14.2 Å². The Morgan fingerprint density at radius 2 is 2.10 bits per heavy atom. The zero-order valence-corrected chi connectivity index (χ0v) is 19.3. The Balaban J connectivity index is 1.56. The molecule has 2 aliphatic rings. The minimum Gasteiger partial charge on any atom is -0.509 e. The summed E-state index contributed by atoms with van der Waals surface area (Å²) in [6.45, 7) is 3.85. The molecular weight excluding hydrogens is 412 g/mol. The van der Waals surface area contributed by atoms with E-state index in [1.807, 2.05) is 35.4 Å². The molecule has 2 unspecified atom stereocenters. The lowest BCUT2D eigenvalue weighted by Gasteiger charge is -2.27.